The second-order valence-electron chi connectivity index (χ2n) is 10.0. The predicted molar refractivity (Wildman–Crippen MR) is 162 cm³/mol. The standard InChI is InChI=1S/C33H37F3N2O6/c34-33(35,36)17-6-20-42-29-12-14-30(15-13-29)44-31(39)16-9-24-7-10-28(11-8-24)41-18-4-2-1-3-5-19-43-32(40)25-21-26(37)23-27(38)22-25/h7-16,21-23H,1-6,17-20,37-38H2. The predicted octanol–water partition coefficient (Wildman–Crippen LogP) is 7.38. The molecule has 0 spiro atoms. The summed E-state index contributed by atoms with van der Waals surface area (Å²) in [5.74, 6) is 0.392. The maximum atomic E-state index is 12.2. The Kier molecular flexibility index (Phi) is 13.4. The van der Waals surface area contributed by atoms with E-state index in [-0.39, 0.29) is 18.8 Å². The number of esters is 2. The Hall–Kier alpha value is -4.67. The summed E-state index contributed by atoms with van der Waals surface area (Å²) in [5, 5.41) is 0. The minimum absolute atomic E-state index is 0.0586. The van der Waals surface area contributed by atoms with Gasteiger partial charge in [-0.05, 0) is 85.5 Å². The van der Waals surface area contributed by atoms with Gasteiger partial charge in [-0.3, -0.25) is 0 Å². The van der Waals surface area contributed by atoms with Crippen LogP contribution in [0, 0.1) is 0 Å². The molecule has 3 rings (SSSR count). The van der Waals surface area contributed by atoms with E-state index in [1.807, 2.05) is 24.3 Å². The number of hydrogen-bond acceptors (Lipinski definition) is 8. The van der Waals surface area contributed by atoms with Crippen molar-refractivity contribution in [3.05, 3.63) is 83.9 Å². The molecular formula is C33H37F3N2O6. The lowest BCUT2D eigenvalue weighted by molar-refractivity contribution is -0.136. The maximum absolute atomic E-state index is 12.2. The molecule has 4 N–H and O–H groups in total. The molecular weight excluding hydrogens is 577 g/mol. The van der Waals surface area contributed by atoms with Crippen molar-refractivity contribution in [3.8, 4) is 17.2 Å². The summed E-state index contributed by atoms with van der Waals surface area (Å²) < 4.78 is 58.1. The van der Waals surface area contributed by atoms with Crippen LogP contribution in [0.25, 0.3) is 6.08 Å². The molecule has 0 unspecified atom stereocenters. The first-order valence-corrected chi connectivity index (χ1v) is 14.3. The molecule has 0 bridgehead atoms. The van der Waals surface area contributed by atoms with Gasteiger partial charge in [0, 0.05) is 23.9 Å². The molecule has 44 heavy (non-hydrogen) atoms. The molecule has 0 aliphatic rings. The summed E-state index contributed by atoms with van der Waals surface area (Å²) in [4.78, 5) is 24.2. The molecule has 0 saturated carbocycles. The van der Waals surface area contributed by atoms with Crippen LogP contribution in [-0.2, 0) is 9.53 Å². The molecule has 0 fully saturated rings. The van der Waals surface area contributed by atoms with Crippen molar-refractivity contribution in [2.75, 3.05) is 31.3 Å². The average molecular weight is 615 g/mol. The normalized spacial score (nSPS) is 11.3. The van der Waals surface area contributed by atoms with Gasteiger partial charge in [-0.15, -0.1) is 0 Å². The van der Waals surface area contributed by atoms with Gasteiger partial charge >= 0.3 is 18.1 Å². The average Bonchev–Trinajstić information content (AvgIpc) is 2.97. The fourth-order valence-electron chi connectivity index (χ4n) is 4.02. The highest BCUT2D eigenvalue weighted by molar-refractivity contribution is 5.91. The van der Waals surface area contributed by atoms with E-state index < -0.39 is 24.5 Å². The second-order valence-corrected chi connectivity index (χ2v) is 10.0. The van der Waals surface area contributed by atoms with Crippen LogP contribution < -0.4 is 25.7 Å². The van der Waals surface area contributed by atoms with Gasteiger partial charge in [0.1, 0.15) is 17.2 Å². The van der Waals surface area contributed by atoms with Crippen LogP contribution >= 0.6 is 0 Å². The zero-order valence-corrected chi connectivity index (χ0v) is 24.3. The number of carbonyl (C=O) groups is 2. The topological polar surface area (TPSA) is 123 Å². The van der Waals surface area contributed by atoms with Gasteiger partial charge in [-0.1, -0.05) is 31.4 Å². The smallest absolute Gasteiger partial charge is 0.389 e. The Bertz CT molecular complexity index is 1340. The number of ether oxygens (including phenoxy) is 4. The van der Waals surface area contributed by atoms with E-state index in [1.54, 1.807) is 24.3 Å². The Balaban J connectivity index is 1.24. The number of carbonyl (C=O) groups excluding carboxylic acids is 2. The van der Waals surface area contributed by atoms with Gasteiger partial charge in [0.25, 0.3) is 0 Å². The number of nitrogens with two attached hydrogens (primary N) is 2. The molecule has 3 aromatic rings. The van der Waals surface area contributed by atoms with Crippen LogP contribution in [0.1, 0.15) is 60.9 Å². The van der Waals surface area contributed by atoms with Gasteiger partial charge in [-0.25, -0.2) is 9.59 Å². The molecule has 0 aromatic heterocycles. The van der Waals surface area contributed by atoms with Crippen LogP contribution in [0.3, 0.4) is 0 Å². The summed E-state index contributed by atoms with van der Waals surface area (Å²) in [6, 6.07) is 18.0. The number of alkyl halides is 3. The highest BCUT2D eigenvalue weighted by atomic mass is 19.4. The number of unbranched alkanes of at least 4 members (excludes halogenated alkanes) is 4. The lowest BCUT2D eigenvalue weighted by atomic mass is 10.1. The van der Waals surface area contributed by atoms with E-state index >= 15 is 0 Å². The summed E-state index contributed by atoms with van der Waals surface area (Å²) in [7, 11) is 0. The quantitative estimate of drug-likeness (QED) is 0.0531. The third kappa shape index (κ3) is 13.5. The van der Waals surface area contributed by atoms with E-state index in [0.29, 0.717) is 35.9 Å². The molecule has 11 heteroatoms. The first-order chi connectivity index (χ1) is 21.1. The van der Waals surface area contributed by atoms with Crippen LogP contribution in [0.15, 0.2) is 72.8 Å². The molecule has 0 radical (unpaired) electrons. The number of halogens is 3. The minimum atomic E-state index is -4.20. The Morgan fingerprint density at radius 1 is 0.682 bits per heavy atom. The highest BCUT2D eigenvalue weighted by Gasteiger charge is 2.26. The Morgan fingerprint density at radius 2 is 1.20 bits per heavy atom. The van der Waals surface area contributed by atoms with Gasteiger partial charge in [0.15, 0.2) is 0 Å². The highest BCUT2D eigenvalue weighted by Crippen LogP contribution is 2.23. The van der Waals surface area contributed by atoms with Crippen molar-refractivity contribution in [3.63, 3.8) is 0 Å². The number of anilines is 2. The summed E-state index contributed by atoms with van der Waals surface area (Å²) in [6.07, 6.45) is 2.25. The minimum Gasteiger partial charge on any atom is -0.494 e. The molecule has 0 aliphatic heterocycles. The maximum Gasteiger partial charge on any atom is 0.389 e. The number of rotatable bonds is 17. The van der Waals surface area contributed by atoms with Crippen LogP contribution in [0.4, 0.5) is 24.5 Å². The van der Waals surface area contributed by atoms with E-state index in [9.17, 15) is 22.8 Å². The van der Waals surface area contributed by atoms with Crippen molar-refractivity contribution in [2.45, 2.75) is 51.1 Å². The molecule has 236 valence electrons. The van der Waals surface area contributed by atoms with E-state index in [0.717, 1.165) is 43.4 Å². The lowest BCUT2D eigenvalue weighted by Gasteiger charge is -2.08. The van der Waals surface area contributed by atoms with E-state index in [1.165, 1.54) is 30.3 Å². The van der Waals surface area contributed by atoms with Gasteiger partial charge < -0.3 is 30.4 Å². The molecule has 0 amide bonds. The van der Waals surface area contributed by atoms with Gasteiger partial charge in [0.2, 0.25) is 0 Å². The van der Waals surface area contributed by atoms with Gasteiger partial charge in [0.05, 0.1) is 25.4 Å². The first kappa shape index (κ1) is 33.8. The first-order valence-electron chi connectivity index (χ1n) is 14.3. The third-order valence-electron chi connectivity index (χ3n) is 6.21. The number of hydrogen-bond donors (Lipinski definition) is 2. The molecule has 0 heterocycles. The van der Waals surface area contributed by atoms with Crippen molar-refractivity contribution in [1.82, 2.24) is 0 Å². The SMILES string of the molecule is Nc1cc(N)cc(C(=O)OCCCCCCCOc2ccc(C=CC(=O)Oc3ccc(OCCCC(F)(F)F)cc3)cc2)c1. The van der Waals surface area contributed by atoms with Crippen molar-refractivity contribution < 1.29 is 41.7 Å². The molecule has 0 saturated heterocycles. The number of nitrogen functional groups attached to an aromatic ring is 2. The monoisotopic (exact) mass is 614 g/mol. The Morgan fingerprint density at radius 3 is 1.82 bits per heavy atom. The molecule has 3 aromatic carbocycles. The zero-order valence-electron chi connectivity index (χ0n) is 24.3. The molecule has 0 atom stereocenters. The van der Waals surface area contributed by atoms with Crippen LogP contribution in [0.5, 0.6) is 17.2 Å². The molecule has 0 aliphatic carbocycles. The third-order valence-corrected chi connectivity index (χ3v) is 6.21. The second kappa shape index (κ2) is 17.4. The largest absolute Gasteiger partial charge is 0.494 e. The Labute approximate surface area is 254 Å². The summed E-state index contributed by atoms with van der Waals surface area (Å²) >= 11 is 0. The van der Waals surface area contributed by atoms with Crippen molar-refractivity contribution in [1.29, 1.82) is 0 Å². The van der Waals surface area contributed by atoms with Crippen LogP contribution in [0.2, 0.25) is 0 Å². The lowest BCUT2D eigenvalue weighted by Crippen LogP contribution is -2.09. The summed E-state index contributed by atoms with van der Waals surface area (Å²) in [6.45, 7) is 0.853. The number of benzene rings is 3. The van der Waals surface area contributed by atoms with Crippen molar-refractivity contribution in [2.24, 2.45) is 0 Å². The van der Waals surface area contributed by atoms with Gasteiger partial charge in [-0.2, -0.15) is 13.2 Å². The van der Waals surface area contributed by atoms with E-state index in [4.69, 9.17) is 30.4 Å². The molecule has 8 nitrogen and oxygen atoms in total. The van der Waals surface area contributed by atoms with E-state index in [2.05, 4.69) is 0 Å². The zero-order chi connectivity index (χ0) is 31.8. The van der Waals surface area contributed by atoms with Crippen LogP contribution in [-0.4, -0.2) is 37.9 Å². The fourth-order valence-corrected chi connectivity index (χ4v) is 4.02. The summed E-state index contributed by atoms with van der Waals surface area (Å²) in [5.41, 5.74) is 13.4. The van der Waals surface area contributed by atoms with Crippen molar-refractivity contribution >= 4 is 29.4 Å². The fraction of sp³-hybridized carbons (Fsp3) is 0.333.